The molecule has 1 amide bonds. The maximum Gasteiger partial charge on any atom is 0.263 e. The summed E-state index contributed by atoms with van der Waals surface area (Å²) in [7, 11) is 1.59. The van der Waals surface area contributed by atoms with Crippen molar-refractivity contribution in [2.24, 2.45) is 0 Å². The zero-order valence-corrected chi connectivity index (χ0v) is 18.0. The van der Waals surface area contributed by atoms with Gasteiger partial charge in [0, 0.05) is 12.0 Å². The van der Waals surface area contributed by atoms with Crippen molar-refractivity contribution < 1.29 is 19.0 Å². The number of ether oxygens (including phenoxy) is 3. The predicted molar refractivity (Wildman–Crippen MR) is 121 cm³/mol. The van der Waals surface area contributed by atoms with Crippen LogP contribution in [0.1, 0.15) is 24.5 Å². The van der Waals surface area contributed by atoms with E-state index in [9.17, 15) is 4.79 Å². The average Bonchev–Trinajstić information content (AvgIpc) is 3.05. The monoisotopic (exact) mass is 429 g/mol. The van der Waals surface area contributed by atoms with Gasteiger partial charge in [0.15, 0.2) is 11.5 Å². The number of rotatable bonds is 9. The lowest BCUT2D eigenvalue weighted by Gasteiger charge is -2.14. The molecule has 29 heavy (non-hydrogen) atoms. The molecule has 1 aliphatic heterocycles. The Labute approximate surface area is 180 Å². The van der Waals surface area contributed by atoms with Crippen LogP contribution in [-0.4, -0.2) is 30.6 Å². The number of hydrogen-bond acceptors (Lipinski definition) is 6. The standard InChI is InChI=1S/C22H23NO4S2/c1-3-15-8-10-17(11-9-15)26-12-5-13-27-20-16(6-4-7-18(20)25-2)14-19-21(24)23-22(28)29-19/h4,6-11,14H,3,5,12-13H2,1-2H3,(H,23,24,28)/b19-14-. The Bertz CT molecular complexity index is 910. The lowest BCUT2D eigenvalue weighted by Crippen LogP contribution is -2.17. The molecule has 0 aliphatic carbocycles. The number of methoxy groups -OCH3 is 1. The summed E-state index contributed by atoms with van der Waals surface area (Å²) in [6.07, 6.45) is 3.49. The Hall–Kier alpha value is -2.51. The number of hydrogen-bond donors (Lipinski definition) is 1. The van der Waals surface area contributed by atoms with Crippen molar-refractivity contribution in [3.05, 3.63) is 58.5 Å². The van der Waals surface area contributed by atoms with Crippen molar-refractivity contribution in [3.63, 3.8) is 0 Å². The van der Waals surface area contributed by atoms with Gasteiger partial charge in [-0.1, -0.05) is 55.2 Å². The van der Waals surface area contributed by atoms with E-state index in [1.165, 1.54) is 17.3 Å². The predicted octanol–water partition coefficient (Wildman–Crippen LogP) is 4.59. The molecule has 0 spiro atoms. The van der Waals surface area contributed by atoms with Gasteiger partial charge in [0.25, 0.3) is 5.91 Å². The van der Waals surface area contributed by atoms with Crippen LogP contribution in [0, 0.1) is 0 Å². The molecule has 0 atom stereocenters. The second kappa shape index (κ2) is 10.3. The number of amides is 1. The minimum atomic E-state index is -0.198. The third-order valence-corrected chi connectivity index (χ3v) is 5.46. The molecule has 7 heteroatoms. The molecule has 2 aromatic rings. The Morgan fingerprint density at radius 2 is 1.86 bits per heavy atom. The zero-order chi connectivity index (χ0) is 20.6. The third kappa shape index (κ3) is 5.74. The molecule has 0 radical (unpaired) electrons. The lowest BCUT2D eigenvalue weighted by atomic mass is 10.1. The van der Waals surface area contributed by atoms with Crippen LogP contribution in [0.3, 0.4) is 0 Å². The summed E-state index contributed by atoms with van der Waals surface area (Å²) in [4.78, 5) is 12.5. The second-order valence-corrected chi connectivity index (χ2v) is 8.00. The van der Waals surface area contributed by atoms with Gasteiger partial charge in [0.2, 0.25) is 0 Å². The fraction of sp³-hybridized carbons (Fsp3) is 0.273. The van der Waals surface area contributed by atoms with E-state index < -0.39 is 0 Å². The number of thioether (sulfide) groups is 1. The summed E-state index contributed by atoms with van der Waals surface area (Å²) in [5, 5.41) is 2.62. The van der Waals surface area contributed by atoms with Crippen molar-refractivity contribution in [1.82, 2.24) is 5.32 Å². The number of thiocarbonyl (C=S) groups is 1. The maximum atomic E-state index is 12.0. The van der Waals surface area contributed by atoms with Crippen LogP contribution in [-0.2, 0) is 11.2 Å². The molecule has 1 N–H and O–H groups in total. The first-order valence-electron chi connectivity index (χ1n) is 9.37. The Balaban J connectivity index is 1.60. The number of carbonyl (C=O) groups excluding carboxylic acids is 1. The molecular formula is C22H23NO4S2. The molecule has 1 fully saturated rings. The number of para-hydroxylation sites is 1. The Morgan fingerprint density at radius 3 is 2.52 bits per heavy atom. The van der Waals surface area contributed by atoms with Gasteiger partial charge in [-0.3, -0.25) is 4.79 Å². The topological polar surface area (TPSA) is 56.8 Å². The normalized spacial score (nSPS) is 14.8. The van der Waals surface area contributed by atoms with Gasteiger partial charge in [0.05, 0.1) is 25.2 Å². The van der Waals surface area contributed by atoms with Crippen LogP contribution >= 0.6 is 24.0 Å². The number of carbonyl (C=O) groups is 1. The Morgan fingerprint density at radius 1 is 1.10 bits per heavy atom. The molecule has 3 rings (SSSR count). The van der Waals surface area contributed by atoms with E-state index in [0.29, 0.717) is 40.4 Å². The highest BCUT2D eigenvalue weighted by atomic mass is 32.2. The van der Waals surface area contributed by atoms with Crippen LogP contribution in [0.2, 0.25) is 0 Å². The minimum absolute atomic E-state index is 0.198. The lowest BCUT2D eigenvalue weighted by molar-refractivity contribution is -0.115. The summed E-state index contributed by atoms with van der Waals surface area (Å²) in [6.45, 7) is 3.13. The molecule has 5 nitrogen and oxygen atoms in total. The molecule has 1 saturated heterocycles. The van der Waals surface area contributed by atoms with Gasteiger partial charge in [-0.05, 0) is 36.3 Å². The number of benzene rings is 2. The maximum absolute atomic E-state index is 12.0. The number of aryl methyl sites for hydroxylation is 1. The van der Waals surface area contributed by atoms with Gasteiger partial charge in [0.1, 0.15) is 10.1 Å². The van der Waals surface area contributed by atoms with Crippen molar-refractivity contribution in [3.8, 4) is 17.2 Å². The molecule has 0 bridgehead atoms. The van der Waals surface area contributed by atoms with Crippen LogP contribution in [0.25, 0.3) is 6.08 Å². The van der Waals surface area contributed by atoms with Gasteiger partial charge in [-0.2, -0.15) is 0 Å². The van der Waals surface area contributed by atoms with Crippen molar-refractivity contribution in [2.45, 2.75) is 19.8 Å². The highest BCUT2D eigenvalue weighted by Crippen LogP contribution is 2.35. The van der Waals surface area contributed by atoms with Crippen molar-refractivity contribution >= 4 is 40.3 Å². The van der Waals surface area contributed by atoms with Gasteiger partial charge >= 0.3 is 0 Å². The summed E-state index contributed by atoms with van der Waals surface area (Å²) >= 11 is 6.28. The summed E-state index contributed by atoms with van der Waals surface area (Å²) in [5.74, 6) is 1.86. The first-order valence-corrected chi connectivity index (χ1v) is 10.6. The molecule has 2 aromatic carbocycles. The highest BCUT2D eigenvalue weighted by Gasteiger charge is 2.23. The zero-order valence-electron chi connectivity index (χ0n) is 16.4. The van der Waals surface area contributed by atoms with Crippen LogP contribution < -0.4 is 19.5 Å². The fourth-order valence-electron chi connectivity index (χ4n) is 2.77. The quantitative estimate of drug-likeness (QED) is 0.357. The smallest absolute Gasteiger partial charge is 0.263 e. The van der Waals surface area contributed by atoms with E-state index >= 15 is 0 Å². The third-order valence-electron chi connectivity index (χ3n) is 4.29. The van der Waals surface area contributed by atoms with E-state index in [-0.39, 0.29) is 5.91 Å². The van der Waals surface area contributed by atoms with Crippen LogP contribution in [0.15, 0.2) is 47.4 Å². The van der Waals surface area contributed by atoms with Crippen LogP contribution in [0.4, 0.5) is 0 Å². The van der Waals surface area contributed by atoms with Crippen molar-refractivity contribution in [2.75, 3.05) is 20.3 Å². The molecule has 152 valence electrons. The molecule has 0 aromatic heterocycles. The van der Waals surface area contributed by atoms with E-state index in [1.807, 2.05) is 30.3 Å². The van der Waals surface area contributed by atoms with Gasteiger partial charge in [-0.15, -0.1) is 0 Å². The fourth-order valence-corrected chi connectivity index (χ4v) is 3.80. The van der Waals surface area contributed by atoms with Gasteiger partial charge in [-0.25, -0.2) is 0 Å². The highest BCUT2D eigenvalue weighted by molar-refractivity contribution is 8.26. The van der Waals surface area contributed by atoms with Crippen LogP contribution in [0.5, 0.6) is 17.2 Å². The summed E-state index contributed by atoms with van der Waals surface area (Å²) < 4.78 is 17.6. The summed E-state index contributed by atoms with van der Waals surface area (Å²) in [6, 6.07) is 13.7. The molecule has 0 saturated carbocycles. The Kier molecular flexibility index (Phi) is 7.55. The first-order chi connectivity index (χ1) is 14.1. The average molecular weight is 430 g/mol. The minimum Gasteiger partial charge on any atom is -0.493 e. The molecule has 0 unspecified atom stereocenters. The summed E-state index contributed by atoms with van der Waals surface area (Å²) in [5.41, 5.74) is 2.05. The van der Waals surface area contributed by atoms with E-state index in [1.54, 1.807) is 13.2 Å². The van der Waals surface area contributed by atoms with E-state index in [4.69, 9.17) is 26.4 Å². The largest absolute Gasteiger partial charge is 0.493 e. The first kappa shape index (κ1) is 21.2. The molecule has 1 aliphatic rings. The molecular weight excluding hydrogens is 406 g/mol. The van der Waals surface area contributed by atoms with Gasteiger partial charge < -0.3 is 19.5 Å². The number of nitrogens with one attached hydrogen (secondary N) is 1. The van der Waals surface area contributed by atoms with Crippen molar-refractivity contribution in [1.29, 1.82) is 0 Å². The van der Waals surface area contributed by atoms with E-state index in [2.05, 4.69) is 24.4 Å². The van der Waals surface area contributed by atoms with E-state index in [0.717, 1.165) is 17.7 Å². The second-order valence-electron chi connectivity index (χ2n) is 6.28. The molecule has 1 heterocycles. The SMILES string of the molecule is CCc1ccc(OCCCOc2c(/C=C3\SC(=S)NC3=O)cccc2OC)cc1.